The van der Waals surface area contributed by atoms with Crippen LogP contribution in [0.1, 0.15) is 36.8 Å². The summed E-state index contributed by atoms with van der Waals surface area (Å²) >= 11 is 0. The van der Waals surface area contributed by atoms with Crippen LogP contribution in [-0.2, 0) is 30.3 Å². The van der Waals surface area contributed by atoms with Crippen molar-refractivity contribution in [1.82, 2.24) is 0 Å². The molecule has 0 unspecified atom stereocenters. The van der Waals surface area contributed by atoms with E-state index < -0.39 is 11.9 Å². The quantitative estimate of drug-likeness (QED) is 0.619. The van der Waals surface area contributed by atoms with E-state index in [1.165, 1.54) is 0 Å². The van der Waals surface area contributed by atoms with Gasteiger partial charge in [0.1, 0.15) is 0 Å². The van der Waals surface area contributed by atoms with E-state index in [9.17, 15) is 14.4 Å². The van der Waals surface area contributed by atoms with E-state index in [4.69, 9.17) is 4.74 Å². The van der Waals surface area contributed by atoms with Crippen molar-refractivity contribution in [1.29, 1.82) is 0 Å². The van der Waals surface area contributed by atoms with Crippen molar-refractivity contribution < 1.29 is 23.9 Å². The van der Waals surface area contributed by atoms with Crippen LogP contribution in [0.2, 0.25) is 0 Å². The molecule has 1 saturated heterocycles. The molecule has 1 aromatic carbocycles. The van der Waals surface area contributed by atoms with Gasteiger partial charge in [-0.1, -0.05) is 24.3 Å². The van der Waals surface area contributed by atoms with Gasteiger partial charge < -0.3 is 9.47 Å². The maximum Gasteiger partial charge on any atom is 0.314 e. The Morgan fingerprint density at radius 1 is 1.20 bits per heavy atom. The van der Waals surface area contributed by atoms with Crippen LogP contribution in [0.3, 0.4) is 0 Å². The Morgan fingerprint density at radius 2 is 1.80 bits per heavy atom. The highest BCUT2D eigenvalue weighted by Crippen LogP contribution is 2.28. The summed E-state index contributed by atoms with van der Waals surface area (Å²) in [6, 6.07) is 7.31. The van der Waals surface area contributed by atoms with Crippen LogP contribution in [0.5, 0.6) is 0 Å². The Kier molecular flexibility index (Phi) is 4.50. The molecule has 0 atom stereocenters. The fourth-order valence-corrected chi connectivity index (χ4v) is 2.21. The van der Waals surface area contributed by atoms with E-state index in [1.54, 1.807) is 6.92 Å². The first kappa shape index (κ1) is 14.2. The largest absolute Gasteiger partial charge is 0.466 e. The maximum atomic E-state index is 11.4. The molecule has 1 fully saturated rings. The summed E-state index contributed by atoms with van der Waals surface area (Å²) in [5.74, 6) is -1.37. The van der Waals surface area contributed by atoms with Gasteiger partial charge in [-0.15, -0.1) is 0 Å². The molecule has 106 valence electrons. The van der Waals surface area contributed by atoms with Gasteiger partial charge in [0.2, 0.25) is 0 Å². The normalized spacial score (nSPS) is 15.8. The van der Waals surface area contributed by atoms with Crippen LogP contribution in [0.15, 0.2) is 24.3 Å². The van der Waals surface area contributed by atoms with Crippen molar-refractivity contribution in [2.75, 3.05) is 6.61 Å². The van der Waals surface area contributed by atoms with Crippen molar-refractivity contribution in [2.24, 2.45) is 0 Å². The molecule has 1 aliphatic rings. The van der Waals surface area contributed by atoms with Gasteiger partial charge in [0.15, 0.2) is 0 Å². The number of esters is 3. The summed E-state index contributed by atoms with van der Waals surface area (Å²) in [5.41, 5.74) is 1.75. The predicted octanol–water partition coefficient (Wildman–Crippen LogP) is 1.74. The molecule has 0 N–H and O–H groups in total. The van der Waals surface area contributed by atoms with E-state index in [0.29, 0.717) is 6.61 Å². The van der Waals surface area contributed by atoms with Gasteiger partial charge in [0.25, 0.3) is 0 Å². The van der Waals surface area contributed by atoms with Crippen molar-refractivity contribution in [3.05, 3.63) is 35.4 Å². The molecule has 1 heterocycles. The molecular weight excluding hydrogens is 260 g/mol. The van der Waals surface area contributed by atoms with E-state index in [2.05, 4.69) is 4.74 Å². The van der Waals surface area contributed by atoms with E-state index in [-0.39, 0.29) is 31.1 Å². The Hall–Kier alpha value is -2.17. The Bertz CT molecular complexity index is 502. The summed E-state index contributed by atoms with van der Waals surface area (Å²) < 4.78 is 9.38. The van der Waals surface area contributed by atoms with Gasteiger partial charge >= 0.3 is 17.9 Å². The predicted molar refractivity (Wildman–Crippen MR) is 69.9 cm³/mol. The number of cyclic esters (lactones) is 2. The fraction of sp³-hybridized carbons (Fsp3) is 0.400. The lowest BCUT2D eigenvalue weighted by molar-refractivity contribution is -0.164. The van der Waals surface area contributed by atoms with Gasteiger partial charge in [-0.3, -0.25) is 14.4 Å². The monoisotopic (exact) mass is 276 g/mol. The second kappa shape index (κ2) is 6.32. The third-order valence-electron chi connectivity index (χ3n) is 3.16. The van der Waals surface area contributed by atoms with Crippen LogP contribution in [0.4, 0.5) is 0 Å². The number of rotatable bonds is 4. The standard InChI is InChI=1S/C15H16O5/c1-2-19-13(16)7-10-3-5-11(6-4-10)12-8-14(17)20-15(18)9-12/h3-6,12H,2,7-9H2,1H3. The van der Waals surface area contributed by atoms with Crippen LogP contribution < -0.4 is 0 Å². The minimum atomic E-state index is -0.484. The lowest BCUT2D eigenvalue weighted by atomic mass is 9.90. The molecule has 5 nitrogen and oxygen atoms in total. The number of carbonyl (C=O) groups excluding carboxylic acids is 3. The van der Waals surface area contributed by atoms with Gasteiger partial charge in [0, 0.05) is 5.92 Å². The smallest absolute Gasteiger partial charge is 0.314 e. The third kappa shape index (κ3) is 3.66. The summed E-state index contributed by atoms with van der Waals surface area (Å²) in [7, 11) is 0. The molecule has 0 aliphatic carbocycles. The number of benzene rings is 1. The highest BCUT2D eigenvalue weighted by atomic mass is 16.6. The highest BCUT2D eigenvalue weighted by Gasteiger charge is 2.28. The molecule has 20 heavy (non-hydrogen) atoms. The van der Waals surface area contributed by atoms with Crippen molar-refractivity contribution >= 4 is 17.9 Å². The van der Waals surface area contributed by atoms with Crippen LogP contribution >= 0.6 is 0 Å². The number of ether oxygens (including phenoxy) is 2. The molecule has 0 amide bonds. The average molecular weight is 276 g/mol. The fourth-order valence-electron chi connectivity index (χ4n) is 2.21. The minimum Gasteiger partial charge on any atom is -0.466 e. The molecule has 2 rings (SSSR count). The lowest BCUT2D eigenvalue weighted by Crippen LogP contribution is -2.24. The zero-order valence-corrected chi connectivity index (χ0v) is 11.3. The molecule has 1 aliphatic heterocycles. The molecule has 1 aromatic rings. The Balaban J connectivity index is 2.02. The Labute approximate surface area is 116 Å². The third-order valence-corrected chi connectivity index (χ3v) is 3.16. The maximum absolute atomic E-state index is 11.4. The van der Waals surface area contributed by atoms with Gasteiger partial charge in [-0.2, -0.15) is 0 Å². The average Bonchev–Trinajstić information content (AvgIpc) is 2.38. The second-order valence-electron chi connectivity index (χ2n) is 4.67. The van der Waals surface area contributed by atoms with E-state index >= 15 is 0 Å². The zero-order chi connectivity index (χ0) is 14.5. The molecule has 0 aromatic heterocycles. The topological polar surface area (TPSA) is 69.7 Å². The summed E-state index contributed by atoms with van der Waals surface area (Å²) in [4.78, 5) is 33.8. The SMILES string of the molecule is CCOC(=O)Cc1ccc(C2CC(=O)OC(=O)C2)cc1. The molecular formula is C15H16O5. The van der Waals surface area contributed by atoms with E-state index in [1.807, 2.05) is 24.3 Å². The van der Waals surface area contributed by atoms with Crippen molar-refractivity contribution in [3.63, 3.8) is 0 Å². The molecule has 0 radical (unpaired) electrons. The van der Waals surface area contributed by atoms with Crippen molar-refractivity contribution in [2.45, 2.75) is 32.1 Å². The number of hydrogen-bond donors (Lipinski definition) is 0. The molecule has 0 bridgehead atoms. The van der Waals surface area contributed by atoms with Gasteiger partial charge in [0.05, 0.1) is 25.9 Å². The molecule has 0 spiro atoms. The van der Waals surface area contributed by atoms with Gasteiger partial charge in [-0.05, 0) is 18.1 Å². The summed E-state index contributed by atoms with van der Waals surface area (Å²) in [6.07, 6.45) is 0.645. The first-order valence-corrected chi connectivity index (χ1v) is 6.56. The Morgan fingerprint density at radius 3 is 2.35 bits per heavy atom. The number of carbonyl (C=O) groups is 3. The highest BCUT2D eigenvalue weighted by molar-refractivity contribution is 5.89. The summed E-state index contributed by atoms with van der Waals surface area (Å²) in [5, 5.41) is 0. The van der Waals surface area contributed by atoms with Crippen LogP contribution in [-0.4, -0.2) is 24.5 Å². The van der Waals surface area contributed by atoms with Crippen LogP contribution in [0.25, 0.3) is 0 Å². The zero-order valence-electron chi connectivity index (χ0n) is 11.3. The van der Waals surface area contributed by atoms with Crippen molar-refractivity contribution in [3.8, 4) is 0 Å². The minimum absolute atomic E-state index is 0.139. The van der Waals surface area contributed by atoms with E-state index in [0.717, 1.165) is 11.1 Å². The molecule has 5 heteroatoms. The van der Waals surface area contributed by atoms with Gasteiger partial charge in [-0.25, -0.2) is 0 Å². The number of hydrogen-bond acceptors (Lipinski definition) is 5. The first-order valence-electron chi connectivity index (χ1n) is 6.56. The van der Waals surface area contributed by atoms with Crippen LogP contribution in [0, 0.1) is 0 Å². The second-order valence-corrected chi connectivity index (χ2v) is 4.67. The summed E-state index contributed by atoms with van der Waals surface area (Å²) in [6.45, 7) is 2.13. The lowest BCUT2D eigenvalue weighted by Gasteiger charge is -2.20. The first-order chi connectivity index (χ1) is 9.58. The molecule has 0 saturated carbocycles.